The molecule has 0 aliphatic heterocycles. The molecule has 0 N–H and O–H groups in total. The van der Waals surface area contributed by atoms with Crippen molar-refractivity contribution in [2.75, 3.05) is 0 Å². The standard InChI is InChI=1S/C14H12O5S/c1-10(2)14(15)19-20(16,17)18-13-9-5-7-11-6-3-4-8-12(11)13/h3-9H,1H2,2H3. The van der Waals surface area contributed by atoms with Crippen LogP contribution in [0.5, 0.6) is 5.75 Å². The summed E-state index contributed by atoms with van der Waals surface area (Å²) in [6, 6.07) is 12.0. The number of carbonyl (C=O) groups excluding carboxylic acids is 1. The van der Waals surface area contributed by atoms with Crippen LogP contribution in [0.1, 0.15) is 6.92 Å². The lowest BCUT2D eigenvalue weighted by atomic mass is 10.1. The first-order chi connectivity index (χ1) is 9.39. The normalized spacial score (nSPS) is 11.1. The highest BCUT2D eigenvalue weighted by Gasteiger charge is 2.21. The van der Waals surface area contributed by atoms with Crippen LogP contribution in [0.3, 0.4) is 0 Å². The Morgan fingerprint density at radius 1 is 1.10 bits per heavy atom. The molecule has 0 saturated heterocycles. The van der Waals surface area contributed by atoms with Crippen molar-refractivity contribution in [3.05, 3.63) is 54.6 Å². The Bertz CT molecular complexity index is 772. The van der Waals surface area contributed by atoms with Crippen molar-refractivity contribution in [1.29, 1.82) is 0 Å². The van der Waals surface area contributed by atoms with E-state index in [0.717, 1.165) is 5.39 Å². The van der Waals surface area contributed by atoms with E-state index in [1.807, 2.05) is 18.2 Å². The van der Waals surface area contributed by atoms with Gasteiger partial charge in [-0.25, -0.2) is 4.79 Å². The minimum absolute atomic E-state index is 0.0323. The van der Waals surface area contributed by atoms with Crippen molar-refractivity contribution in [3.8, 4) is 5.75 Å². The minimum Gasteiger partial charge on any atom is -0.352 e. The van der Waals surface area contributed by atoms with Gasteiger partial charge in [0.25, 0.3) is 0 Å². The summed E-state index contributed by atoms with van der Waals surface area (Å²) in [6.45, 7) is 4.64. The Morgan fingerprint density at radius 2 is 1.75 bits per heavy atom. The highest BCUT2D eigenvalue weighted by atomic mass is 32.3. The molecule has 0 radical (unpaired) electrons. The second-order valence-corrected chi connectivity index (χ2v) is 5.27. The maximum Gasteiger partial charge on any atom is 0.503 e. The number of hydrogen-bond donors (Lipinski definition) is 0. The number of carbonyl (C=O) groups is 1. The van der Waals surface area contributed by atoms with E-state index in [9.17, 15) is 13.2 Å². The maximum absolute atomic E-state index is 11.7. The van der Waals surface area contributed by atoms with E-state index < -0.39 is 16.4 Å². The molecule has 0 aromatic heterocycles. The predicted molar refractivity (Wildman–Crippen MR) is 74.4 cm³/mol. The van der Waals surface area contributed by atoms with Crippen LogP contribution < -0.4 is 4.18 Å². The summed E-state index contributed by atoms with van der Waals surface area (Å²) in [4.78, 5) is 11.2. The van der Waals surface area contributed by atoms with Crippen LogP contribution >= 0.6 is 0 Å². The summed E-state index contributed by atoms with van der Waals surface area (Å²) in [5.41, 5.74) is -0.0323. The average Bonchev–Trinajstić information content (AvgIpc) is 2.38. The third-order valence-corrected chi connectivity index (χ3v) is 3.21. The highest BCUT2D eigenvalue weighted by Crippen LogP contribution is 2.26. The zero-order valence-corrected chi connectivity index (χ0v) is 11.5. The zero-order valence-electron chi connectivity index (χ0n) is 10.7. The molecule has 0 spiro atoms. The molecule has 2 rings (SSSR count). The molecule has 6 heteroatoms. The van der Waals surface area contributed by atoms with Crippen LogP contribution in [0, 0.1) is 0 Å². The molecule has 2 aromatic carbocycles. The Kier molecular flexibility index (Phi) is 3.76. The highest BCUT2D eigenvalue weighted by molar-refractivity contribution is 7.82. The van der Waals surface area contributed by atoms with Gasteiger partial charge in [0.2, 0.25) is 0 Å². The van der Waals surface area contributed by atoms with E-state index in [4.69, 9.17) is 4.18 Å². The van der Waals surface area contributed by atoms with Crippen molar-refractivity contribution in [2.24, 2.45) is 0 Å². The van der Waals surface area contributed by atoms with Gasteiger partial charge in [0.05, 0.1) is 0 Å². The lowest BCUT2D eigenvalue weighted by Gasteiger charge is -2.08. The molecule has 0 saturated carbocycles. The summed E-state index contributed by atoms with van der Waals surface area (Å²) >= 11 is 0. The monoisotopic (exact) mass is 292 g/mol. The van der Waals surface area contributed by atoms with Crippen molar-refractivity contribution >= 4 is 27.1 Å². The van der Waals surface area contributed by atoms with E-state index in [0.29, 0.717) is 5.39 Å². The van der Waals surface area contributed by atoms with Gasteiger partial charge in [-0.05, 0) is 18.4 Å². The van der Waals surface area contributed by atoms with Crippen molar-refractivity contribution < 1.29 is 21.6 Å². The topological polar surface area (TPSA) is 69.7 Å². The van der Waals surface area contributed by atoms with Gasteiger partial charge in [0, 0.05) is 11.0 Å². The molecule has 104 valence electrons. The summed E-state index contributed by atoms with van der Waals surface area (Å²) in [6.07, 6.45) is 0. The molecular formula is C14H12O5S. The Labute approximate surface area is 116 Å². The van der Waals surface area contributed by atoms with Gasteiger partial charge in [-0.2, -0.15) is 0 Å². The fourth-order valence-corrected chi connectivity index (χ4v) is 2.29. The van der Waals surface area contributed by atoms with Crippen LogP contribution in [0.4, 0.5) is 0 Å². The summed E-state index contributed by atoms with van der Waals surface area (Å²) < 4.78 is 32.4. The lowest BCUT2D eigenvalue weighted by Crippen LogP contribution is -2.18. The maximum atomic E-state index is 11.7. The molecular weight excluding hydrogens is 280 g/mol. The number of rotatable bonds is 4. The van der Waals surface area contributed by atoms with Gasteiger partial charge >= 0.3 is 16.4 Å². The summed E-state index contributed by atoms with van der Waals surface area (Å²) in [7, 11) is -4.48. The second kappa shape index (κ2) is 5.34. The molecule has 0 atom stereocenters. The fraction of sp³-hybridized carbons (Fsp3) is 0.0714. The molecule has 0 aliphatic rings. The van der Waals surface area contributed by atoms with E-state index in [1.165, 1.54) is 13.0 Å². The molecule has 5 nitrogen and oxygen atoms in total. The molecule has 2 aromatic rings. The zero-order chi connectivity index (χ0) is 14.8. The first-order valence-electron chi connectivity index (χ1n) is 5.70. The van der Waals surface area contributed by atoms with Crippen LogP contribution in [-0.4, -0.2) is 14.4 Å². The smallest absolute Gasteiger partial charge is 0.352 e. The predicted octanol–water partition coefficient (Wildman–Crippen LogP) is 2.58. The molecule has 0 bridgehead atoms. The lowest BCUT2D eigenvalue weighted by molar-refractivity contribution is -0.129. The largest absolute Gasteiger partial charge is 0.503 e. The minimum atomic E-state index is -4.48. The molecule has 0 fully saturated rings. The number of hydrogen-bond acceptors (Lipinski definition) is 5. The van der Waals surface area contributed by atoms with Crippen molar-refractivity contribution in [1.82, 2.24) is 0 Å². The van der Waals surface area contributed by atoms with Crippen LogP contribution in [0.15, 0.2) is 54.6 Å². The number of benzene rings is 2. The summed E-state index contributed by atoms with van der Waals surface area (Å²) in [5, 5.41) is 1.41. The van der Waals surface area contributed by atoms with Crippen LogP contribution in [0.25, 0.3) is 10.8 Å². The van der Waals surface area contributed by atoms with E-state index in [2.05, 4.69) is 10.8 Å². The van der Waals surface area contributed by atoms with Crippen molar-refractivity contribution in [3.63, 3.8) is 0 Å². The SMILES string of the molecule is C=C(C)C(=O)OS(=O)(=O)Oc1cccc2ccccc12. The Morgan fingerprint density at radius 3 is 2.45 bits per heavy atom. The molecule has 0 aliphatic carbocycles. The first-order valence-corrected chi connectivity index (χ1v) is 7.04. The summed E-state index contributed by atoms with van der Waals surface area (Å²) in [5.74, 6) is -0.956. The van der Waals surface area contributed by atoms with Gasteiger partial charge in [-0.15, -0.1) is 8.42 Å². The Balaban J connectivity index is 2.32. The molecule has 0 heterocycles. The van der Waals surface area contributed by atoms with Gasteiger partial charge in [-0.1, -0.05) is 43.0 Å². The fourth-order valence-electron chi connectivity index (χ4n) is 1.56. The molecule has 20 heavy (non-hydrogen) atoms. The van der Waals surface area contributed by atoms with E-state index >= 15 is 0 Å². The molecule has 0 amide bonds. The Hall–Kier alpha value is -2.34. The van der Waals surface area contributed by atoms with Crippen LogP contribution in [0.2, 0.25) is 0 Å². The quantitative estimate of drug-likeness (QED) is 0.810. The average molecular weight is 292 g/mol. The third-order valence-electron chi connectivity index (χ3n) is 2.47. The van der Waals surface area contributed by atoms with Gasteiger partial charge < -0.3 is 8.37 Å². The van der Waals surface area contributed by atoms with Crippen LogP contribution in [-0.2, 0) is 19.4 Å². The van der Waals surface area contributed by atoms with E-state index in [-0.39, 0.29) is 11.3 Å². The van der Waals surface area contributed by atoms with E-state index in [1.54, 1.807) is 18.2 Å². The number of fused-ring (bicyclic) bond motifs is 1. The van der Waals surface area contributed by atoms with Crippen molar-refractivity contribution in [2.45, 2.75) is 6.92 Å². The molecule has 0 unspecified atom stereocenters. The first kappa shape index (κ1) is 14.1. The van der Waals surface area contributed by atoms with Gasteiger partial charge in [0.15, 0.2) is 5.75 Å². The van der Waals surface area contributed by atoms with Gasteiger partial charge in [-0.3, -0.25) is 0 Å². The second-order valence-electron chi connectivity index (χ2n) is 4.12. The van der Waals surface area contributed by atoms with Gasteiger partial charge in [0.1, 0.15) is 0 Å². The third kappa shape index (κ3) is 3.16.